The molecule has 2 aliphatic heterocycles. The van der Waals surface area contributed by atoms with E-state index in [0.29, 0.717) is 20.9 Å². The number of hydrazone groups is 1. The van der Waals surface area contributed by atoms with E-state index in [4.69, 9.17) is 21.7 Å². The zero-order chi connectivity index (χ0) is 22.9. The third-order valence-corrected chi connectivity index (χ3v) is 6.33. The highest BCUT2D eigenvalue weighted by atomic mass is 35.5. The summed E-state index contributed by atoms with van der Waals surface area (Å²) in [6, 6.07) is 18.8. The van der Waals surface area contributed by atoms with Crippen molar-refractivity contribution in [2.75, 3.05) is 6.61 Å². The SMILES string of the molecule is Cc1ccccc1OCC1=NN2C(=N)/C(=C\c3cccn3-c3ccccc3Cl)C(=O)N=C2S1. The van der Waals surface area contributed by atoms with Crippen molar-refractivity contribution in [3.63, 3.8) is 0 Å². The lowest BCUT2D eigenvalue weighted by molar-refractivity contribution is -0.114. The van der Waals surface area contributed by atoms with Crippen molar-refractivity contribution in [1.82, 2.24) is 9.58 Å². The van der Waals surface area contributed by atoms with E-state index in [0.717, 1.165) is 17.0 Å². The Morgan fingerprint density at radius 3 is 2.73 bits per heavy atom. The predicted octanol–water partition coefficient (Wildman–Crippen LogP) is 5.14. The second-order valence-corrected chi connectivity index (χ2v) is 8.77. The van der Waals surface area contributed by atoms with E-state index in [-0.39, 0.29) is 18.0 Å². The second kappa shape index (κ2) is 8.73. The van der Waals surface area contributed by atoms with E-state index in [2.05, 4.69) is 10.1 Å². The number of aliphatic imine (C=N–C) groups is 1. The summed E-state index contributed by atoms with van der Waals surface area (Å²) in [5, 5.41) is 16.0. The van der Waals surface area contributed by atoms with Gasteiger partial charge in [0.2, 0.25) is 5.17 Å². The number of amides is 1. The molecule has 33 heavy (non-hydrogen) atoms. The Labute approximate surface area is 199 Å². The number of para-hydroxylation sites is 2. The molecule has 2 aromatic carbocycles. The molecule has 9 heteroatoms. The first-order valence-corrected chi connectivity index (χ1v) is 11.3. The maximum atomic E-state index is 12.8. The van der Waals surface area contributed by atoms with E-state index in [1.807, 2.05) is 72.3 Å². The van der Waals surface area contributed by atoms with Crippen molar-refractivity contribution in [3.05, 3.63) is 88.7 Å². The van der Waals surface area contributed by atoms with E-state index in [9.17, 15) is 4.79 Å². The second-order valence-electron chi connectivity index (χ2n) is 7.32. The number of aryl methyl sites for hydroxylation is 1. The third-order valence-electron chi connectivity index (χ3n) is 5.13. The minimum Gasteiger partial charge on any atom is -0.486 e. The van der Waals surface area contributed by atoms with Crippen molar-refractivity contribution in [3.8, 4) is 11.4 Å². The van der Waals surface area contributed by atoms with E-state index in [1.54, 1.807) is 12.1 Å². The summed E-state index contributed by atoms with van der Waals surface area (Å²) >= 11 is 7.58. The summed E-state index contributed by atoms with van der Waals surface area (Å²) in [5.41, 5.74) is 2.65. The molecule has 0 fully saturated rings. The van der Waals surface area contributed by atoms with Gasteiger partial charge < -0.3 is 9.30 Å². The fourth-order valence-corrected chi connectivity index (χ4v) is 4.50. The van der Waals surface area contributed by atoms with Gasteiger partial charge in [0.15, 0.2) is 5.84 Å². The minimum absolute atomic E-state index is 0.0321. The molecule has 2 aliphatic rings. The molecule has 7 nitrogen and oxygen atoms in total. The number of carbonyl (C=O) groups excluding carboxylic acids is 1. The van der Waals surface area contributed by atoms with Crippen LogP contribution in [0.1, 0.15) is 11.3 Å². The normalized spacial score (nSPS) is 16.7. The van der Waals surface area contributed by atoms with Gasteiger partial charge in [0.25, 0.3) is 5.91 Å². The average Bonchev–Trinajstić information content (AvgIpc) is 3.43. The zero-order valence-corrected chi connectivity index (χ0v) is 19.1. The van der Waals surface area contributed by atoms with Gasteiger partial charge in [-0.2, -0.15) is 15.1 Å². The van der Waals surface area contributed by atoms with Gasteiger partial charge in [-0.25, -0.2) is 0 Å². The first-order valence-electron chi connectivity index (χ1n) is 10.1. The largest absolute Gasteiger partial charge is 0.486 e. The number of fused-ring (bicyclic) bond motifs is 1. The quantitative estimate of drug-likeness (QED) is 0.518. The number of thioether (sulfide) groups is 1. The Hall–Kier alpha value is -3.62. The summed E-state index contributed by atoms with van der Waals surface area (Å²) in [6.45, 7) is 2.19. The molecular formula is C24H18ClN5O2S. The van der Waals surface area contributed by atoms with Crippen LogP contribution in [0, 0.1) is 12.3 Å². The van der Waals surface area contributed by atoms with Gasteiger partial charge in [-0.05, 0) is 60.7 Å². The fourth-order valence-electron chi connectivity index (χ4n) is 3.47. The van der Waals surface area contributed by atoms with Gasteiger partial charge in [0.05, 0.1) is 16.3 Å². The summed E-state index contributed by atoms with van der Waals surface area (Å²) in [6.07, 6.45) is 3.49. The molecule has 0 saturated carbocycles. The van der Waals surface area contributed by atoms with Gasteiger partial charge in [-0.15, -0.1) is 0 Å². The Morgan fingerprint density at radius 2 is 1.91 bits per heavy atom. The molecular weight excluding hydrogens is 458 g/mol. The number of carbonyl (C=O) groups is 1. The monoisotopic (exact) mass is 475 g/mol. The first kappa shape index (κ1) is 21.2. The molecule has 1 aromatic heterocycles. The molecule has 0 spiro atoms. The number of nitrogens with one attached hydrogen (secondary N) is 1. The third kappa shape index (κ3) is 4.10. The number of aromatic nitrogens is 1. The van der Waals surface area contributed by atoms with Crippen LogP contribution in [-0.2, 0) is 4.79 Å². The van der Waals surface area contributed by atoms with E-state index in [1.165, 1.54) is 16.8 Å². The summed E-state index contributed by atoms with van der Waals surface area (Å²) in [7, 11) is 0. The number of ether oxygens (including phenoxy) is 1. The molecule has 0 bridgehead atoms. The topological polar surface area (TPSA) is 83.0 Å². The maximum absolute atomic E-state index is 12.8. The molecule has 0 saturated heterocycles. The summed E-state index contributed by atoms with van der Waals surface area (Å²) in [4.78, 5) is 16.9. The highest BCUT2D eigenvalue weighted by Gasteiger charge is 2.36. The van der Waals surface area contributed by atoms with Crippen molar-refractivity contribution >= 4 is 51.4 Å². The van der Waals surface area contributed by atoms with Crippen LogP contribution in [0.25, 0.3) is 11.8 Å². The number of halogens is 1. The number of nitrogens with zero attached hydrogens (tertiary/aromatic N) is 4. The Kier molecular flexibility index (Phi) is 5.62. The lowest BCUT2D eigenvalue weighted by atomic mass is 10.1. The van der Waals surface area contributed by atoms with Crippen molar-refractivity contribution in [1.29, 1.82) is 5.41 Å². The van der Waals surface area contributed by atoms with Gasteiger partial charge in [0, 0.05) is 11.9 Å². The molecule has 0 atom stereocenters. The summed E-state index contributed by atoms with van der Waals surface area (Å²) in [5.74, 6) is 0.247. The van der Waals surface area contributed by atoms with Crippen molar-refractivity contribution < 1.29 is 9.53 Å². The molecule has 3 heterocycles. The van der Waals surface area contributed by atoms with Crippen LogP contribution < -0.4 is 4.74 Å². The van der Waals surface area contributed by atoms with Crippen LogP contribution in [-0.4, -0.2) is 38.1 Å². The smallest absolute Gasteiger partial charge is 0.283 e. The van der Waals surface area contributed by atoms with Crippen molar-refractivity contribution in [2.24, 2.45) is 10.1 Å². The lowest BCUT2D eigenvalue weighted by Crippen LogP contribution is -2.35. The molecule has 5 rings (SSSR count). The molecule has 0 aliphatic carbocycles. The number of amidine groups is 2. The van der Waals surface area contributed by atoms with Crippen LogP contribution in [0.4, 0.5) is 0 Å². The van der Waals surface area contributed by atoms with Gasteiger partial charge in [-0.1, -0.05) is 41.9 Å². The minimum atomic E-state index is -0.484. The van der Waals surface area contributed by atoms with Crippen LogP contribution >= 0.6 is 23.4 Å². The lowest BCUT2D eigenvalue weighted by Gasteiger charge is -2.20. The Morgan fingerprint density at radius 1 is 1.12 bits per heavy atom. The fraction of sp³-hybridized carbons (Fsp3) is 0.0833. The van der Waals surface area contributed by atoms with Crippen LogP contribution in [0.2, 0.25) is 5.02 Å². The Balaban J connectivity index is 1.40. The number of benzene rings is 2. The van der Waals surface area contributed by atoms with Gasteiger partial charge in [0.1, 0.15) is 17.4 Å². The van der Waals surface area contributed by atoms with Crippen LogP contribution in [0.5, 0.6) is 5.75 Å². The average molecular weight is 476 g/mol. The maximum Gasteiger partial charge on any atom is 0.283 e. The van der Waals surface area contributed by atoms with E-state index >= 15 is 0 Å². The van der Waals surface area contributed by atoms with E-state index < -0.39 is 5.91 Å². The molecule has 3 aromatic rings. The molecule has 0 radical (unpaired) electrons. The molecule has 1 N–H and O–H groups in total. The summed E-state index contributed by atoms with van der Waals surface area (Å²) < 4.78 is 7.72. The molecule has 164 valence electrons. The molecule has 1 amide bonds. The van der Waals surface area contributed by atoms with Gasteiger partial charge >= 0.3 is 0 Å². The van der Waals surface area contributed by atoms with Gasteiger partial charge in [-0.3, -0.25) is 10.2 Å². The molecule has 0 unspecified atom stereocenters. The highest BCUT2D eigenvalue weighted by Crippen LogP contribution is 2.30. The van der Waals surface area contributed by atoms with Crippen molar-refractivity contribution in [2.45, 2.75) is 6.92 Å². The Bertz CT molecular complexity index is 1370. The zero-order valence-electron chi connectivity index (χ0n) is 17.5. The number of hydrogen-bond acceptors (Lipinski definition) is 5. The highest BCUT2D eigenvalue weighted by molar-refractivity contribution is 8.27. The predicted molar refractivity (Wildman–Crippen MR) is 132 cm³/mol. The number of rotatable bonds is 5. The van der Waals surface area contributed by atoms with Crippen LogP contribution in [0.15, 0.2) is 82.5 Å². The standard InChI is InChI=1S/C24H18ClN5O2S/c1-15-7-2-5-11-20(15)32-14-21-28-30-22(26)17(23(31)27-24(30)33-21)13-16-8-6-12-29(16)19-10-4-3-9-18(19)25/h2-13,26H,14H2,1H3/b17-13+,26-22?. The number of hydrogen-bond donors (Lipinski definition) is 1. The van der Waals surface area contributed by atoms with Crippen LogP contribution in [0.3, 0.4) is 0 Å². The first-order chi connectivity index (χ1) is 16.0.